The monoisotopic (exact) mass is 364 g/mol. The van der Waals surface area contributed by atoms with Gasteiger partial charge in [-0.1, -0.05) is 53.7 Å². The van der Waals surface area contributed by atoms with Gasteiger partial charge >= 0.3 is 0 Å². The Labute approximate surface area is 159 Å². The van der Waals surface area contributed by atoms with Gasteiger partial charge in [0.25, 0.3) is 0 Å². The summed E-state index contributed by atoms with van der Waals surface area (Å²) in [6.45, 7) is 3.52. The summed E-state index contributed by atoms with van der Waals surface area (Å²) < 4.78 is 6.93. The molecule has 0 N–H and O–H groups in total. The molecule has 140 valence electrons. The van der Waals surface area contributed by atoms with E-state index < -0.39 is 0 Å². The second kappa shape index (κ2) is 9.09. The first-order chi connectivity index (χ1) is 13.2. The first kappa shape index (κ1) is 18.8. The SMILES string of the molecule is COCCN(Cc1ccccc1)C(=O)Cc1nnn(-c2ccccc2)c1C. The molecule has 6 heteroatoms. The maximum Gasteiger partial charge on any atom is 0.229 e. The highest BCUT2D eigenvalue weighted by Crippen LogP contribution is 2.14. The molecule has 0 saturated heterocycles. The van der Waals surface area contributed by atoms with Crippen molar-refractivity contribution in [3.05, 3.63) is 77.6 Å². The fraction of sp³-hybridized carbons (Fsp3) is 0.286. The van der Waals surface area contributed by atoms with Crippen molar-refractivity contribution in [1.82, 2.24) is 19.9 Å². The Kier molecular flexibility index (Phi) is 6.33. The number of ether oxygens (including phenoxy) is 1. The van der Waals surface area contributed by atoms with E-state index in [1.165, 1.54) is 0 Å². The van der Waals surface area contributed by atoms with Crippen LogP contribution in [0.4, 0.5) is 0 Å². The average molecular weight is 364 g/mol. The fourth-order valence-electron chi connectivity index (χ4n) is 2.89. The van der Waals surface area contributed by atoms with Crippen LogP contribution in [-0.4, -0.2) is 46.1 Å². The Morgan fingerprint density at radius 1 is 1.07 bits per heavy atom. The molecule has 0 radical (unpaired) electrons. The summed E-state index contributed by atoms with van der Waals surface area (Å²) in [6, 6.07) is 19.7. The Bertz CT molecular complexity index is 862. The minimum absolute atomic E-state index is 0.0131. The van der Waals surface area contributed by atoms with E-state index in [2.05, 4.69) is 10.3 Å². The van der Waals surface area contributed by atoms with Crippen LogP contribution in [0.5, 0.6) is 0 Å². The molecule has 27 heavy (non-hydrogen) atoms. The zero-order valence-corrected chi connectivity index (χ0v) is 15.7. The van der Waals surface area contributed by atoms with Crippen LogP contribution in [-0.2, 0) is 22.5 Å². The smallest absolute Gasteiger partial charge is 0.229 e. The third kappa shape index (κ3) is 4.80. The number of carbonyl (C=O) groups excluding carboxylic acids is 1. The second-order valence-corrected chi connectivity index (χ2v) is 6.34. The summed E-state index contributed by atoms with van der Waals surface area (Å²) in [5.74, 6) is 0.0131. The van der Waals surface area contributed by atoms with E-state index in [4.69, 9.17) is 4.74 Å². The molecule has 2 aromatic carbocycles. The van der Waals surface area contributed by atoms with Crippen molar-refractivity contribution in [1.29, 1.82) is 0 Å². The number of benzene rings is 2. The number of para-hydroxylation sites is 1. The summed E-state index contributed by atoms with van der Waals surface area (Å²) in [5.41, 5.74) is 3.59. The van der Waals surface area contributed by atoms with Crippen LogP contribution >= 0.6 is 0 Å². The second-order valence-electron chi connectivity index (χ2n) is 6.34. The lowest BCUT2D eigenvalue weighted by Crippen LogP contribution is -2.34. The molecule has 0 aliphatic carbocycles. The highest BCUT2D eigenvalue weighted by molar-refractivity contribution is 5.78. The molecule has 0 saturated carbocycles. The van der Waals surface area contributed by atoms with Crippen LogP contribution in [0.25, 0.3) is 5.69 Å². The van der Waals surface area contributed by atoms with E-state index in [1.54, 1.807) is 16.7 Å². The van der Waals surface area contributed by atoms with Gasteiger partial charge in [0.05, 0.1) is 30.1 Å². The van der Waals surface area contributed by atoms with E-state index in [-0.39, 0.29) is 12.3 Å². The van der Waals surface area contributed by atoms with Crippen molar-refractivity contribution >= 4 is 5.91 Å². The number of hydrogen-bond acceptors (Lipinski definition) is 4. The first-order valence-electron chi connectivity index (χ1n) is 8.96. The van der Waals surface area contributed by atoms with Gasteiger partial charge in [-0.05, 0) is 24.6 Å². The number of amides is 1. The van der Waals surface area contributed by atoms with Gasteiger partial charge in [-0.25, -0.2) is 4.68 Å². The van der Waals surface area contributed by atoms with E-state index >= 15 is 0 Å². The van der Waals surface area contributed by atoms with Crippen LogP contribution in [0.15, 0.2) is 60.7 Å². The van der Waals surface area contributed by atoms with Crippen LogP contribution in [0.2, 0.25) is 0 Å². The lowest BCUT2D eigenvalue weighted by Gasteiger charge is -2.22. The molecule has 1 amide bonds. The van der Waals surface area contributed by atoms with E-state index in [9.17, 15) is 4.79 Å². The maximum atomic E-state index is 12.9. The van der Waals surface area contributed by atoms with Gasteiger partial charge in [0.15, 0.2) is 0 Å². The van der Waals surface area contributed by atoms with Gasteiger partial charge in [-0.3, -0.25) is 4.79 Å². The molecule has 0 bridgehead atoms. The van der Waals surface area contributed by atoms with Crippen molar-refractivity contribution in [2.45, 2.75) is 19.9 Å². The molecule has 3 aromatic rings. The topological polar surface area (TPSA) is 60.2 Å². The highest BCUT2D eigenvalue weighted by atomic mass is 16.5. The maximum absolute atomic E-state index is 12.9. The average Bonchev–Trinajstić information content (AvgIpc) is 3.07. The zero-order chi connectivity index (χ0) is 19.1. The molecule has 0 unspecified atom stereocenters. The van der Waals surface area contributed by atoms with Crippen LogP contribution in [0, 0.1) is 6.92 Å². The number of rotatable bonds is 8. The third-order valence-electron chi connectivity index (χ3n) is 4.44. The number of hydrogen-bond donors (Lipinski definition) is 0. The molecule has 0 spiro atoms. The summed E-state index contributed by atoms with van der Waals surface area (Å²) in [7, 11) is 1.64. The fourth-order valence-corrected chi connectivity index (χ4v) is 2.89. The van der Waals surface area contributed by atoms with Crippen LogP contribution < -0.4 is 0 Å². The van der Waals surface area contributed by atoms with Gasteiger partial charge in [0, 0.05) is 20.2 Å². The van der Waals surface area contributed by atoms with E-state index in [1.807, 2.05) is 67.6 Å². The molecule has 0 aliphatic rings. The number of aromatic nitrogens is 3. The minimum atomic E-state index is 0.0131. The lowest BCUT2D eigenvalue weighted by molar-refractivity contribution is -0.131. The van der Waals surface area contributed by atoms with Gasteiger partial charge in [0.2, 0.25) is 5.91 Å². The van der Waals surface area contributed by atoms with Crippen molar-refractivity contribution in [2.24, 2.45) is 0 Å². The predicted octanol–water partition coefficient (Wildman–Crippen LogP) is 2.79. The van der Waals surface area contributed by atoms with Gasteiger partial charge in [-0.2, -0.15) is 0 Å². The van der Waals surface area contributed by atoms with Gasteiger partial charge in [0.1, 0.15) is 0 Å². The molecule has 3 rings (SSSR count). The molecule has 0 aliphatic heterocycles. The Hall–Kier alpha value is -2.99. The Morgan fingerprint density at radius 3 is 2.41 bits per heavy atom. The van der Waals surface area contributed by atoms with Crippen molar-refractivity contribution in [3.8, 4) is 5.69 Å². The largest absolute Gasteiger partial charge is 0.383 e. The summed E-state index contributed by atoms with van der Waals surface area (Å²) in [4.78, 5) is 14.7. The summed E-state index contributed by atoms with van der Waals surface area (Å²) in [6.07, 6.45) is 0.217. The Balaban J connectivity index is 1.74. The molecule has 1 aromatic heterocycles. The zero-order valence-electron chi connectivity index (χ0n) is 15.7. The minimum Gasteiger partial charge on any atom is -0.383 e. The molecule has 1 heterocycles. The van der Waals surface area contributed by atoms with Crippen LogP contribution in [0.3, 0.4) is 0 Å². The summed E-state index contributed by atoms with van der Waals surface area (Å²) in [5, 5.41) is 8.45. The third-order valence-corrected chi connectivity index (χ3v) is 4.44. The van der Waals surface area contributed by atoms with E-state index in [0.717, 1.165) is 16.9 Å². The highest BCUT2D eigenvalue weighted by Gasteiger charge is 2.19. The molecule has 0 atom stereocenters. The van der Waals surface area contributed by atoms with Gasteiger partial charge < -0.3 is 9.64 Å². The normalized spacial score (nSPS) is 10.7. The van der Waals surface area contributed by atoms with E-state index in [0.29, 0.717) is 25.4 Å². The molecule has 6 nitrogen and oxygen atoms in total. The number of methoxy groups -OCH3 is 1. The van der Waals surface area contributed by atoms with Crippen molar-refractivity contribution in [2.75, 3.05) is 20.3 Å². The van der Waals surface area contributed by atoms with Crippen molar-refractivity contribution in [3.63, 3.8) is 0 Å². The Morgan fingerprint density at radius 2 is 1.74 bits per heavy atom. The predicted molar refractivity (Wildman–Crippen MR) is 104 cm³/mol. The molecular weight excluding hydrogens is 340 g/mol. The quantitative estimate of drug-likeness (QED) is 0.617. The molecular formula is C21H24N4O2. The first-order valence-corrected chi connectivity index (χ1v) is 8.96. The standard InChI is InChI=1S/C21H24N4O2/c1-17-20(22-23-25(17)19-11-7-4-8-12-19)15-21(26)24(13-14-27-2)16-18-9-5-3-6-10-18/h3-12H,13-16H2,1-2H3. The van der Waals surface area contributed by atoms with Gasteiger partial charge in [-0.15, -0.1) is 5.10 Å². The van der Waals surface area contributed by atoms with Crippen molar-refractivity contribution < 1.29 is 9.53 Å². The lowest BCUT2D eigenvalue weighted by atomic mass is 10.2. The van der Waals surface area contributed by atoms with Crippen LogP contribution in [0.1, 0.15) is 17.0 Å². The molecule has 0 fully saturated rings. The number of carbonyl (C=O) groups is 1. The summed E-state index contributed by atoms with van der Waals surface area (Å²) >= 11 is 0. The number of nitrogens with zero attached hydrogens (tertiary/aromatic N) is 4.